The molecule has 0 spiro atoms. The largest absolute Gasteiger partial charge is 0.333 e. The fourth-order valence-corrected chi connectivity index (χ4v) is 2.03. The van der Waals surface area contributed by atoms with E-state index in [9.17, 15) is 9.59 Å². The summed E-state index contributed by atoms with van der Waals surface area (Å²) in [5.41, 5.74) is 1.39. The van der Waals surface area contributed by atoms with Crippen LogP contribution in [0, 0.1) is 6.92 Å². The number of pyridine rings is 1. The molecule has 0 bridgehead atoms. The number of aryl methyl sites for hydroxylation is 1. The van der Waals surface area contributed by atoms with Gasteiger partial charge in [0.25, 0.3) is 0 Å². The Morgan fingerprint density at radius 3 is 3.06 bits per heavy atom. The highest BCUT2D eigenvalue weighted by molar-refractivity contribution is 6.32. The van der Waals surface area contributed by atoms with Gasteiger partial charge in [-0.15, -0.1) is 0 Å². The average Bonchev–Trinajstić information content (AvgIpc) is 2.70. The molecule has 1 aromatic heterocycles. The molecule has 0 radical (unpaired) electrons. The van der Waals surface area contributed by atoms with Gasteiger partial charge in [0.15, 0.2) is 5.15 Å². The van der Waals surface area contributed by atoms with Crippen molar-refractivity contribution >= 4 is 29.1 Å². The SMILES string of the molecule is Cc1cnc(Cl)c(NC(=O)CN2CCCC2=O)c1. The van der Waals surface area contributed by atoms with Crippen molar-refractivity contribution in [2.24, 2.45) is 0 Å². The van der Waals surface area contributed by atoms with E-state index in [-0.39, 0.29) is 23.5 Å². The molecule has 0 unspecified atom stereocenters. The van der Waals surface area contributed by atoms with Gasteiger partial charge in [-0.2, -0.15) is 0 Å². The Balaban J connectivity index is 1.98. The lowest BCUT2D eigenvalue weighted by molar-refractivity contribution is -0.131. The molecule has 1 aliphatic heterocycles. The molecule has 0 aliphatic carbocycles. The highest BCUT2D eigenvalue weighted by Gasteiger charge is 2.22. The molecule has 96 valence electrons. The number of amides is 2. The van der Waals surface area contributed by atoms with Crippen molar-refractivity contribution in [2.45, 2.75) is 19.8 Å². The van der Waals surface area contributed by atoms with Crippen LogP contribution in [0.4, 0.5) is 5.69 Å². The second kappa shape index (κ2) is 5.35. The van der Waals surface area contributed by atoms with Gasteiger partial charge >= 0.3 is 0 Å². The Morgan fingerprint density at radius 2 is 2.39 bits per heavy atom. The number of likely N-dealkylation sites (tertiary alicyclic amines) is 1. The summed E-state index contributed by atoms with van der Waals surface area (Å²) in [7, 11) is 0. The van der Waals surface area contributed by atoms with Gasteiger partial charge in [-0.3, -0.25) is 9.59 Å². The highest BCUT2D eigenvalue weighted by atomic mass is 35.5. The van der Waals surface area contributed by atoms with Crippen LogP contribution in [0.3, 0.4) is 0 Å². The van der Waals surface area contributed by atoms with Gasteiger partial charge in [-0.05, 0) is 25.0 Å². The molecule has 2 rings (SSSR count). The standard InChI is InChI=1S/C12H14ClN3O2/c1-8-5-9(12(13)14-6-8)15-10(17)7-16-4-2-3-11(16)18/h5-6H,2-4,7H2,1H3,(H,15,17). The first-order chi connectivity index (χ1) is 8.56. The van der Waals surface area contributed by atoms with Gasteiger partial charge in [-0.25, -0.2) is 4.98 Å². The van der Waals surface area contributed by atoms with Crippen molar-refractivity contribution < 1.29 is 9.59 Å². The number of anilines is 1. The van der Waals surface area contributed by atoms with Crippen LogP contribution in [0.5, 0.6) is 0 Å². The molecule has 1 aromatic rings. The summed E-state index contributed by atoms with van der Waals surface area (Å²) in [6.07, 6.45) is 2.97. The fraction of sp³-hybridized carbons (Fsp3) is 0.417. The summed E-state index contributed by atoms with van der Waals surface area (Å²) in [5.74, 6) is -0.224. The Bertz CT molecular complexity index is 490. The number of hydrogen-bond acceptors (Lipinski definition) is 3. The predicted octanol–water partition coefficient (Wildman–Crippen LogP) is 1.60. The lowest BCUT2D eigenvalue weighted by Gasteiger charge is -2.15. The number of carbonyl (C=O) groups excluding carboxylic acids is 2. The minimum absolute atomic E-state index is 0.0265. The Kier molecular flexibility index (Phi) is 3.81. The zero-order valence-corrected chi connectivity index (χ0v) is 10.8. The monoisotopic (exact) mass is 267 g/mol. The normalized spacial score (nSPS) is 15.0. The first kappa shape index (κ1) is 12.8. The summed E-state index contributed by atoms with van der Waals surface area (Å²) < 4.78 is 0. The maximum absolute atomic E-state index is 11.8. The average molecular weight is 268 g/mol. The van der Waals surface area contributed by atoms with E-state index < -0.39 is 0 Å². The third-order valence-corrected chi connectivity index (χ3v) is 3.06. The summed E-state index contributed by atoms with van der Waals surface area (Å²) in [4.78, 5) is 28.7. The zero-order valence-electron chi connectivity index (χ0n) is 10.1. The number of nitrogens with one attached hydrogen (secondary N) is 1. The van der Waals surface area contributed by atoms with Crippen LogP contribution in [0.2, 0.25) is 5.15 Å². The molecule has 1 aliphatic rings. The van der Waals surface area contributed by atoms with Crippen LogP contribution in [0.15, 0.2) is 12.3 Å². The van der Waals surface area contributed by atoms with Crippen molar-refractivity contribution in [2.75, 3.05) is 18.4 Å². The van der Waals surface area contributed by atoms with Gasteiger partial charge < -0.3 is 10.2 Å². The fourth-order valence-electron chi connectivity index (χ4n) is 1.87. The quantitative estimate of drug-likeness (QED) is 0.847. The van der Waals surface area contributed by atoms with E-state index >= 15 is 0 Å². The van der Waals surface area contributed by atoms with Crippen LogP contribution in [0.1, 0.15) is 18.4 Å². The van der Waals surface area contributed by atoms with Gasteiger partial charge in [0, 0.05) is 19.2 Å². The van der Waals surface area contributed by atoms with E-state index in [1.165, 1.54) is 0 Å². The zero-order chi connectivity index (χ0) is 13.1. The lowest BCUT2D eigenvalue weighted by Crippen LogP contribution is -2.34. The van der Waals surface area contributed by atoms with Crippen LogP contribution in [-0.4, -0.2) is 34.8 Å². The molecule has 2 amide bonds. The summed E-state index contributed by atoms with van der Waals surface area (Å²) in [6.45, 7) is 2.58. The van der Waals surface area contributed by atoms with E-state index in [4.69, 9.17) is 11.6 Å². The van der Waals surface area contributed by atoms with Gasteiger partial charge in [0.2, 0.25) is 11.8 Å². The van der Waals surface area contributed by atoms with Gasteiger partial charge in [-0.1, -0.05) is 11.6 Å². The maximum Gasteiger partial charge on any atom is 0.244 e. The van der Waals surface area contributed by atoms with Gasteiger partial charge in [0.1, 0.15) is 0 Å². The topological polar surface area (TPSA) is 62.3 Å². The van der Waals surface area contributed by atoms with Gasteiger partial charge in [0.05, 0.1) is 12.2 Å². The smallest absolute Gasteiger partial charge is 0.244 e. The van der Waals surface area contributed by atoms with E-state index in [1.54, 1.807) is 17.2 Å². The van der Waals surface area contributed by atoms with Crippen molar-refractivity contribution in [3.63, 3.8) is 0 Å². The van der Waals surface area contributed by atoms with Crippen LogP contribution < -0.4 is 5.32 Å². The summed E-state index contributed by atoms with van der Waals surface area (Å²) >= 11 is 5.88. The second-order valence-electron chi connectivity index (χ2n) is 4.32. The molecule has 1 saturated heterocycles. The van der Waals surface area contributed by atoms with E-state index in [2.05, 4.69) is 10.3 Å². The maximum atomic E-state index is 11.8. The molecule has 5 nitrogen and oxygen atoms in total. The molecule has 0 saturated carbocycles. The molecule has 1 N–H and O–H groups in total. The van der Waals surface area contributed by atoms with Crippen molar-refractivity contribution in [3.8, 4) is 0 Å². The van der Waals surface area contributed by atoms with Crippen LogP contribution >= 0.6 is 11.6 Å². The second-order valence-corrected chi connectivity index (χ2v) is 4.68. The first-order valence-corrected chi connectivity index (χ1v) is 6.14. The molecule has 6 heteroatoms. The third-order valence-electron chi connectivity index (χ3n) is 2.76. The molecule has 1 fully saturated rings. The van der Waals surface area contributed by atoms with E-state index in [1.807, 2.05) is 6.92 Å². The first-order valence-electron chi connectivity index (χ1n) is 5.76. The Hall–Kier alpha value is -1.62. The Labute approximate surface area is 110 Å². The molecule has 0 atom stereocenters. The molecule has 2 heterocycles. The molecular weight excluding hydrogens is 254 g/mol. The number of nitrogens with zero attached hydrogens (tertiary/aromatic N) is 2. The molecule has 0 aromatic carbocycles. The van der Waals surface area contributed by atoms with E-state index in [0.717, 1.165) is 12.0 Å². The minimum Gasteiger partial charge on any atom is -0.333 e. The third kappa shape index (κ3) is 2.98. The van der Waals surface area contributed by atoms with Crippen LogP contribution in [-0.2, 0) is 9.59 Å². The summed E-state index contributed by atoms with van der Waals surface area (Å²) in [6, 6.07) is 1.75. The van der Waals surface area contributed by atoms with Crippen LogP contribution in [0.25, 0.3) is 0 Å². The number of halogens is 1. The number of rotatable bonds is 3. The molecule has 18 heavy (non-hydrogen) atoms. The number of aromatic nitrogens is 1. The van der Waals surface area contributed by atoms with Crippen molar-refractivity contribution in [1.82, 2.24) is 9.88 Å². The lowest BCUT2D eigenvalue weighted by atomic mass is 10.3. The number of carbonyl (C=O) groups is 2. The Morgan fingerprint density at radius 1 is 1.61 bits per heavy atom. The van der Waals surface area contributed by atoms with Crippen molar-refractivity contribution in [1.29, 1.82) is 0 Å². The van der Waals surface area contributed by atoms with E-state index in [0.29, 0.717) is 18.7 Å². The minimum atomic E-state index is -0.250. The molecular formula is C12H14ClN3O2. The van der Waals surface area contributed by atoms with Crippen molar-refractivity contribution in [3.05, 3.63) is 23.0 Å². The summed E-state index contributed by atoms with van der Waals surface area (Å²) in [5, 5.41) is 2.92. The predicted molar refractivity (Wildman–Crippen MR) is 68.4 cm³/mol. The number of hydrogen-bond donors (Lipinski definition) is 1. The highest BCUT2D eigenvalue weighted by Crippen LogP contribution is 2.19.